The van der Waals surface area contributed by atoms with Crippen molar-refractivity contribution in [3.8, 4) is 0 Å². The third kappa shape index (κ3) is 6.26. The Morgan fingerprint density at radius 2 is 2.07 bits per heavy atom. The maximum Gasteiger partial charge on any atom is 0.339 e. The summed E-state index contributed by atoms with van der Waals surface area (Å²) in [5, 5.41) is 3.32. The van der Waals surface area contributed by atoms with Crippen molar-refractivity contribution in [3.63, 3.8) is 0 Å². The Bertz CT molecular complexity index is 824. The highest BCUT2D eigenvalue weighted by Crippen LogP contribution is 2.27. The fourth-order valence-electron chi connectivity index (χ4n) is 2.83. The molecule has 28 heavy (non-hydrogen) atoms. The first kappa shape index (κ1) is 20.7. The average Bonchev–Trinajstić information content (AvgIpc) is 3.23. The summed E-state index contributed by atoms with van der Waals surface area (Å²) in [4.78, 5) is 25.2. The van der Waals surface area contributed by atoms with Crippen LogP contribution in [-0.2, 0) is 20.8 Å². The lowest BCUT2D eigenvalue weighted by molar-refractivity contribution is -0.124. The highest BCUT2D eigenvalue weighted by Gasteiger charge is 2.19. The molecule has 5 nitrogen and oxygen atoms in total. The van der Waals surface area contributed by atoms with Gasteiger partial charge in [0.25, 0.3) is 5.91 Å². The quantitative estimate of drug-likeness (QED) is 0.515. The maximum absolute atomic E-state index is 12.4. The van der Waals surface area contributed by atoms with E-state index in [1.165, 1.54) is 0 Å². The van der Waals surface area contributed by atoms with Crippen LogP contribution in [0.5, 0.6) is 0 Å². The van der Waals surface area contributed by atoms with Crippen molar-refractivity contribution in [2.75, 3.05) is 19.0 Å². The molecule has 1 aliphatic rings. The molecular formula is C21H22ClNO4S. The summed E-state index contributed by atoms with van der Waals surface area (Å²) in [6.45, 7) is 0.800. The summed E-state index contributed by atoms with van der Waals surface area (Å²) in [6.07, 6.45) is 2.36. The van der Waals surface area contributed by atoms with Crippen molar-refractivity contribution in [1.82, 2.24) is 5.32 Å². The predicted octanol–water partition coefficient (Wildman–Crippen LogP) is 4.08. The molecule has 148 valence electrons. The molecule has 2 aromatic carbocycles. The lowest BCUT2D eigenvalue weighted by Crippen LogP contribution is -2.28. The van der Waals surface area contributed by atoms with Crippen molar-refractivity contribution < 1.29 is 19.1 Å². The van der Waals surface area contributed by atoms with Gasteiger partial charge in [-0.2, -0.15) is 0 Å². The average molecular weight is 420 g/mol. The lowest BCUT2D eigenvalue weighted by atomic mass is 10.2. The normalized spacial score (nSPS) is 16.0. The maximum atomic E-state index is 12.4. The molecule has 2 aromatic rings. The summed E-state index contributed by atoms with van der Waals surface area (Å²) in [6, 6.07) is 14.5. The van der Waals surface area contributed by atoms with Crippen LogP contribution in [0, 0.1) is 0 Å². The van der Waals surface area contributed by atoms with E-state index in [0.717, 1.165) is 35.7 Å². The van der Waals surface area contributed by atoms with E-state index in [0.29, 0.717) is 17.1 Å². The first-order valence-electron chi connectivity index (χ1n) is 9.13. The lowest BCUT2D eigenvalue weighted by Gasteiger charge is -2.12. The van der Waals surface area contributed by atoms with Crippen molar-refractivity contribution in [3.05, 3.63) is 64.7 Å². The molecule has 1 atom stereocenters. The van der Waals surface area contributed by atoms with E-state index in [4.69, 9.17) is 21.1 Å². The van der Waals surface area contributed by atoms with Crippen LogP contribution < -0.4 is 5.32 Å². The number of hydrogen-bond acceptors (Lipinski definition) is 5. The van der Waals surface area contributed by atoms with Crippen molar-refractivity contribution in [2.45, 2.75) is 30.4 Å². The molecule has 0 saturated carbocycles. The van der Waals surface area contributed by atoms with Gasteiger partial charge in [-0.05, 0) is 42.7 Å². The van der Waals surface area contributed by atoms with Crippen LogP contribution >= 0.6 is 23.4 Å². The molecule has 3 rings (SSSR count). The largest absolute Gasteiger partial charge is 0.452 e. The second-order valence-electron chi connectivity index (χ2n) is 6.42. The van der Waals surface area contributed by atoms with Crippen LogP contribution in [0.1, 0.15) is 28.8 Å². The smallest absolute Gasteiger partial charge is 0.339 e. The monoisotopic (exact) mass is 419 g/mol. The number of thioether (sulfide) groups is 1. The van der Waals surface area contributed by atoms with Gasteiger partial charge in [-0.15, -0.1) is 11.8 Å². The zero-order valence-corrected chi connectivity index (χ0v) is 16.9. The highest BCUT2D eigenvalue weighted by molar-refractivity contribution is 7.99. The van der Waals surface area contributed by atoms with Crippen molar-refractivity contribution >= 4 is 35.2 Å². The minimum Gasteiger partial charge on any atom is -0.452 e. The third-order valence-electron chi connectivity index (χ3n) is 4.27. The Morgan fingerprint density at radius 1 is 1.21 bits per heavy atom. The van der Waals surface area contributed by atoms with Gasteiger partial charge in [-0.3, -0.25) is 4.79 Å². The molecule has 0 aromatic heterocycles. The van der Waals surface area contributed by atoms with Gasteiger partial charge in [0.1, 0.15) is 0 Å². The van der Waals surface area contributed by atoms with Gasteiger partial charge in [-0.1, -0.05) is 35.9 Å². The van der Waals surface area contributed by atoms with Gasteiger partial charge in [0.15, 0.2) is 6.61 Å². The number of benzene rings is 2. The van der Waals surface area contributed by atoms with E-state index in [-0.39, 0.29) is 18.6 Å². The van der Waals surface area contributed by atoms with E-state index in [2.05, 4.69) is 5.32 Å². The van der Waals surface area contributed by atoms with E-state index >= 15 is 0 Å². The summed E-state index contributed by atoms with van der Waals surface area (Å²) >= 11 is 7.50. The Balaban J connectivity index is 1.48. The van der Waals surface area contributed by atoms with Gasteiger partial charge in [0.2, 0.25) is 0 Å². The zero-order valence-electron chi connectivity index (χ0n) is 15.4. The molecule has 0 aliphatic carbocycles. The second kappa shape index (κ2) is 10.5. The number of esters is 1. The van der Waals surface area contributed by atoms with Crippen LogP contribution in [0.3, 0.4) is 0 Å². The van der Waals surface area contributed by atoms with Gasteiger partial charge in [0, 0.05) is 28.8 Å². The minimum absolute atomic E-state index is 0.228. The van der Waals surface area contributed by atoms with Gasteiger partial charge in [-0.25, -0.2) is 4.79 Å². The Kier molecular flexibility index (Phi) is 7.77. The number of carbonyl (C=O) groups is 2. The fourth-order valence-corrected chi connectivity index (χ4v) is 4.15. The van der Waals surface area contributed by atoms with Gasteiger partial charge in [0.05, 0.1) is 11.7 Å². The number of hydrogen-bond donors (Lipinski definition) is 1. The molecule has 0 bridgehead atoms. The Labute approximate surface area is 173 Å². The molecule has 0 spiro atoms. The van der Waals surface area contributed by atoms with E-state index < -0.39 is 5.97 Å². The van der Waals surface area contributed by atoms with Gasteiger partial charge < -0.3 is 14.8 Å². The van der Waals surface area contributed by atoms with E-state index in [1.54, 1.807) is 36.0 Å². The number of nitrogens with one attached hydrogen (secondary N) is 1. The summed E-state index contributed by atoms with van der Waals surface area (Å²) in [5.41, 5.74) is 1.34. The summed E-state index contributed by atoms with van der Waals surface area (Å²) in [5.74, 6) is -0.0732. The Morgan fingerprint density at radius 3 is 2.86 bits per heavy atom. The van der Waals surface area contributed by atoms with Crippen molar-refractivity contribution in [1.29, 1.82) is 0 Å². The SMILES string of the molecule is O=C(COC(=O)c1ccccc1SCC1CCCO1)NCc1cccc(Cl)c1. The van der Waals surface area contributed by atoms with Gasteiger partial charge >= 0.3 is 5.97 Å². The first-order chi connectivity index (χ1) is 13.6. The molecule has 1 unspecified atom stereocenters. The Hall–Kier alpha value is -2.02. The molecule has 1 saturated heterocycles. The fraction of sp³-hybridized carbons (Fsp3) is 0.333. The number of rotatable bonds is 8. The minimum atomic E-state index is -0.506. The van der Waals surface area contributed by atoms with Crippen LogP contribution in [0.15, 0.2) is 53.4 Å². The van der Waals surface area contributed by atoms with E-state index in [1.807, 2.05) is 24.3 Å². The molecular weight excluding hydrogens is 398 g/mol. The molecule has 1 amide bonds. The standard InChI is InChI=1S/C21H22ClNO4S/c22-16-6-3-5-15(11-16)12-23-20(24)13-27-21(25)18-8-1-2-9-19(18)28-14-17-7-4-10-26-17/h1-3,5-6,8-9,11,17H,4,7,10,12-14H2,(H,23,24). The molecule has 1 heterocycles. The van der Waals surface area contributed by atoms with E-state index in [9.17, 15) is 9.59 Å². The molecule has 1 N–H and O–H groups in total. The number of amides is 1. The van der Waals surface area contributed by atoms with Crippen molar-refractivity contribution in [2.24, 2.45) is 0 Å². The number of ether oxygens (including phenoxy) is 2. The van der Waals surface area contributed by atoms with Crippen LogP contribution in [0.4, 0.5) is 0 Å². The van der Waals surface area contributed by atoms with Crippen LogP contribution in [-0.4, -0.2) is 36.9 Å². The van der Waals surface area contributed by atoms with Crippen LogP contribution in [0.25, 0.3) is 0 Å². The molecule has 7 heteroatoms. The highest BCUT2D eigenvalue weighted by atomic mass is 35.5. The molecule has 1 aliphatic heterocycles. The number of carbonyl (C=O) groups excluding carboxylic acids is 2. The van der Waals surface area contributed by atoms with Crippen LogP contribution in [0.2, 0.25) is 5.02 Å². The number of halogens is 1. The first-order valence-corrected chi connectivity index (χ1v) is 10.5. The zero-order chi connectivity index (χ0) is 19.8. The predicted molar refractivity (Wildman–Crippen MR) is 110 cm³/mol. The topological polar surface area (TPSA) is 64.6 Å². The third-order valence-corrected chi connectivity index (χ3v) is 5.71. The molecule has 1 fully saturated rings. The molecule has 0 radical (unpaired) electrons. The summed E-state index contributed by atoms with van der Waals surface area (Å²) < 4.78 is 10.8. The second-order valence-corrected chi connectivity index (χ2v) is 7.92. The summed E-state index contributed by atoms with van der Waals surface area (Å²) in [7, 11) is 0.